The van der Waals surface area contributed by atoms with Gasteiger partial charge in [0, 0.05) is 17.7 Å². The number of nitrogens with two attached hydrogens (primary N) is 1. The first kappa shape index (κ1) is 12.4. The van der Waals surface area contributed by atoms with Crippen LogP contribution in [0.25, 0.3) is 0 Å². The summed E-state index contributed by atoms with van der Waals surface area (Å²) in [5.74, 6) is -1.42. The third-order valence-electron chi connectivity index (χ3n) is 2.12. The molecule has 0 saturated heterocycles. The smallest absolute Gasteiger partial charge is 0.344 e. The van der Waals surface area contributed by atoms with E-state index < -0.39 is 23.9 Å². The van der Waals surface area contributed by atoms with Gasteiger partial charge in [-0.25, -0.2) is 9.18 Å². The Bertz CT molecular complexity index is 393. The molecule has 5 heteroatoms. The molecular weight excluding hydrogens is 213 g/mol. The average Bonchev–Trinajstić information content (AvgIpc) is 2.16. The lowest BCUT2D eigenvalue weighted by Crippen LogP contribution is -2.23. The maximum absolute atomic E-state index is 13.4. The number of hydrogen-bond donors (Lipinski definition) is 2. The lowest BCUT2D eigenvalue weighted by atomic mass is 10.1. The van der Waals surface area contributed by atoms with Gasteiger partial charge in [-0.3, -0.25) is 0 Å². The van der Waals surface area contributed by atoms with Crippen LogP contribution in [0.3, 0.4) is 0 Å². The topological polar surface area (TPSA) is 72.5 Å². The van der Waals surface area contributed by atoms with Crippen molar-refractivity contribution in [2.24, 2.45) is 5.73 Å². The van der Waals surface area contributed by atoms with Crippen molar-refractivity contribution in [3.8, 4) is 5.75 Å². The maximum Gasteiger partial charge on any atom is 0.344 e. The number of ether oxygens (including phenoxy) is 1. The van der Waals surface area contributed by atoms with E-state index in [1.807, 2.05) is 0 Å². The second kappa shape index (κ2) is 4.94. The van der Waals surface area contributed by atoms with Crippen molar-refractivity contribution in [1.29, 1.82) is 0 Å². The van der Waals surface area contributed by atoms with Crippen molar-refractivity contribution < 1.29 is 19.0 Å². The molecule has 1 aromatic carbocycles. The third kappa shape index (κ3) is 2.93. The van der Waals surface area contributed by atoms with Gasteiger partial charge in [-0.2, -0.15) is 0 Å². The molecule has 1 rings (SSSR count). The summed E-state index contributed by atoms with van der Waals surface area (Å²) in [6, 6.07) is 3.72. The third-order valence-corrected chi connectivity index (χ3v) is 2.12. The van der Waals surface area contributed by atoms with Crippen LogP contribution in [0, 0.1) is 5.82 Å². The molecule has 3 N–H and O–H groups in total. The molecule has 0 aliphatic carbocycles. The van der Waals surface area contributed by atoms with Gasteiger partial charge in [0.2, 0.25) is 0 Å². The maximum atomic E-state index is 13.4. The highest BCUT2D eigenvalue weighted by atomic mass is 19.1. The molecule has 4 nitrogen and oxygen atoms in total. The first-order chi connectivity index (χ1) is 7.41. The normalized spacial score (nSPS) is 14.2. The van der Waals surface area contributed by atoms with Crippen LogP contribution in [-0.2, 0) is 4.79 Å². The fourth-order valence-electron chi connectivity index (χ4n) is 1.20. The summed E-state index contributed by atoms with van der Waals surface area (Å²) < 4.78 is 18.5. The Morgan fingerprint density at radius 2 is 2.12 bits per heavy atom. The van der Waals surface area contributed by atoms with Gasteiger partial charge in [0.25, 0.3) is 0 Å². The molecular formula is C11H14FNO3. The van der Waals surface area contributed by atoms with Crippen molar-refractivity contribution in [3.05, 3.63) is 29.6 Å². The Balaban J connectivity index is 2.85. The predicted octanol–water partition coefficient (Wildman–Crippen LogP) is 1.70. The minimum absolute atomic E-state index is 0.178. The largest absolute Gasteiger partial charge is 0.479 e. The Kier molecular flexibility index (Phi) is 3.84. The van der Waals surface area contributed by atoms with Crippen LogP contribution >= 0.6 is 0 Å². The van der Waals surface area contributed by atoms with Crippen LogP contribution in [0.15, 0.2) is 18.2 Å². The fraction of sp³-hybridized carbons (Fsp3) is 0.364. The summed E-state index contributed by atoms with van der Waals surface area (Å²) in [6.45, 7) is 3.04. The first-order valence-electron chi connectivity index (χ1n) is 4.86. The number of rotatable bonds is 4. The first-order valence-corrected chi connectivity index (χ1v) is 4.86. The number of aliphatic carboxylic acids is 1. The van der Waals surface area contributed by atoms with Gasteiger partial charge < -0.3 is 15.6 Å². The standard InChI is InChI=1S/C11H14FNO3/c1-6(13)9-4-3-8(5-10(9)12)16-7(2)11(14)15/h3-7H,13H2,1-2H3,(H,14,15). The van der Waals surface area contributed by atoms with Gasteiger partial charge in [-0.1, -0.05) is 6.07 Å². The summed E-state index contributed by atoms with van der Waals surface area (Å²) in [5.41, 5.74) is 5.91. The Morgan fingerprint density at radius 1 is 1.50 bits per heavy atom. The van der Waals surface area contributed by atoms with E-state index in [4.69, 9.17) is 15.6 Å². The molecule has 0 saturated carbocycles. The van der Waals surface area contributed by atoms with Crippen molar-refractivity contribution >= 4 is 5.97 Å². The minimum Gasteiger partial charge on any atom is -0.479 e. The number of halogens is 1. The molecule has 0 radical (unpaired) electrons. The second-order valence-corrected chi connectivity index (χ2v) is 3.57. The Labute approximate surface area is 92.8 Å². The molecule has 0 aromatic heterocycles. The molecule has 0 heterocycles. The van der Waals surface area contributed by atoms with Crippen LogP contribution in [0.5, 0.6) is 5.75 Å². The van der Waals surface area contributed by atoms with E-state index in [-0.39, 0.29) is 5.75 Å². The SMILES string of the molecule is CC(Oc1ccc(C(C)N)c(F)c1)C(=O)O. The highest BCUT2D eigenvalue weighted by Crippen LogP contribution is 2.21. The van der Waals surface area contributed by atoms with Crippen molar-refractivity contribution in [2.75, 3.05) is 0 Å². The van der Waals surface area contributed by atoms with Gasteiger partial charge in [-0.05, 0) is 19.9 Å². The van der Waals surface area contributed by atoms with Crippen molar-refractivity contribution in [2.45, 2.75) is 26.0 Å². The van der Waals surface area contributed by atoms with Crippen LogP contribution in [0.4, 0.5) is 4.39 Å². The zero-order valence-corrected chi connectivity index (χ0v) is 9.11. The van der Waals surface area contributed by atoms with Crippen LogP contribution in [0.2, 0.25) is 0 Å². The quantitative estimate of drug-likeness (QED) is 0.821. The predicted molar refractivity (Wildman–Crippen MR) is 56.7 cm³/mol. The van der Waals surface area contributed by atoms with Gasteiger partial charge in [-0.15, -0.1) is 0 Å². The number of carboxylic acid groups (broad SMARTS) is 1. The monoisotopic (exact) mass is 227 g/mol. The highest BCUT2D eigenvalue weighted by molar-refractivity contribution is 5.72. The summed E-state index contributed by atoms with van der Waals surface area (Å²) in [7, 11) is 0. The van der Waals surface area contributed by atoms with Gasteiger partial charge >= 0.3 is 5.97 Å². The molecule has 0 bridgehead atoms. The van der Waals surface area contributed by atoms with Crippen molar-refractivity contribution in [3.63, 3.8) is 0 Å². The lowest BCUT2D eigenvalue weighted by molar-refractivity contribution is -0.144. The molecule has 88 valence electrons. The molecule has 0 spiro atoms. The molecule has 0 fully saturated rings. The van der Waals surface area contributed by atoms with E-state index in [0.29, 0.717) is 5.56 Å². The van der Waals surface area contributed by atoms with E-state index in [2.05, 4.69) is 0 Å². The zero-order valence-electron chi connectivity index (χ0n) is 9.11. The summed E-state index contributed by atoms with van der Waals surface area (Å²) in [4.78, 5) is 10.5. The molecule has 0 aliphatic heterocycles. The van der Waals surface area contributed by atoms with Gasteiger partial charge in [0.15, 0.2) is 6.10 Å². The van der Waals surface area contributed by atoms with E-state index in [9.17, 15) is 9.18 Å². The van der Waals surface area contributed by atoms with E-state index in [1.54, 1.807) is 6.92 Å². The van der Waals surface area contributed by atoms with Crippen molar-refractivity contribution in [1.82, 2.24) is 0 Å². The Morgan fingerprint density at radius 3 is 2.56 bits per heavy atom. The summed E-state index contributed by atoms with van der Waals surface area (Å²) in [5, 5.41) is 8.62. The van der Waals surface area contributed by atoms with E-state index >= 15 is 0 Å². The zero-order chi connectivity index (χ0) is 12.3. The average molecular weight is 227 g/mol. The Hall–Kier alpha value is -1.62. The fourth-order valence-corrected chi connectivity index (χ4v) is 1.20. The molecule has 0 amide bonds. The lowest BCUT2D eigenvalue weighted by Gasteiger charge is -2.12. The van der Waals surface area contributed by atoms with Crippen LogP contribution in [-0.4, -0.2) is 17.2 Å². The van der Waals surface area contributed by atoms with Gasteiger partial charge in [0.1, 0.15) is 11.6 Å². The molecule has 2 atom stereocenters. The van der Waals surface area contributed by atoms with Gasteiger partial charge in [0.05, 0.1) is 0 Å². The minimum atomic E-state index is -1.10. The summed E-state index contributed by atoms with van der Waals surface area (Å²) >= 11 is 0. The second-order valence-electron chi connectivity index (χ2n) is 3.57. The number of carboxylic acids is 1. The van der Waals surface area contributed by atoms with E-state index in [0.717, 1.165) is 6.07 Å². The number of hydrogen-bond acceptors (Lipinski definition) is 3. The molecule has 1 aromatic rings. The molecule has 16 heavy (non-hydrogen) atoms. The van der Waals surface area contributed by atoms with E-state index in [1.165, 1.54) is 19.1 Å². The molecule has 0 aliphatic rings. The van der Waals surface area contributed by atoms with Crippen LogP contribution < -0.4 is 10.5 Å². The highest BCUT2D eigenvalue weighted by Gasteiger charge is 2.14. The number of carbonyl (C=O) groups is 1. The summed E-state index contributed by atoms with van der Waals surface area (Å²) in [6.07, 6.45) is -1.01. The molecule has 2 unspecified atom stereocenters. The van der Waals surface area contributed by atoms with Crippen LogP contribution in [0.1, 0.15) is 25.5 Å². The number of benzene rings is 1.